The fraction of sp³-hybridized carbons (Fsp3) is 0.458. The number of rotatable bonds is 5. The molecular weight excluding hydrogens is 362 g/mol. The first-order chi connectivity index (χ1) is 14.1. The Morgan fingerprint density at radius 3 is 2.76 bits per heavy atom. The second-order valence-electron chi connectivity index (χ2n) is 8.25. The summed E-state index contributed by atoms with van der Waals surface area (Å²) in [4.78, 5) is 35.1. The highest BCUT2D eigenvalue weighted by Crippen LogP contribution is 2.35. The van der Waals surface area contributed by atoms with Crippen molar-refractivity contribution < 1.29 is 9.59 Å². The molecule has 0 bridgehead atoms. The van der Waals surface area contributed by atoms with E-state index < -0.39 is 6.04 Å². The molecule has 29 heavy (non-hydrogen) atoms. The van der Waals surface area contributed by atoms with E-state index in [1.165, 1.54) is 0 Å². The van der Waals surface area contributed by atoms with Gasteiger partial charge in [0, 0.05) is 31.0 Å². The Morgan fingerprint density at radius 2 is 2.03 bits per heavy atom. The van der Waals surface area contributed by atoms with Crippen molar-refractivity contribution in [1.82, 2.24) is 14.8 Å². The molecule has 1 saturated heterocycles. The Balaban J connectivity index is 1.65. The Bertz CT molecular complexity index is 883. The van der Waals surface area contributed by atoms with Gasteiger partial charge in [-0.1, -0.05) is 44.5 Å². The summed E-state index contributed by atoms with van der Waals surface area (Å²) < 4.78 is 0. The highest BCUT2D eigenvalue weighted by molar-refractivity contribution is 6.01. The standard InChI is InChI=1S/C24H29N3O2/c1-3-17(2)22(27-16-19-9-4-5-11-20(19)23(27)28)24(29)26-14-7-6-12-21(26)18-10-8-13-25-15-18/h4-5,8-11,13,15,17,21-22H,3,6-7,12,14,16H2,1-2H3/t17-,21+,22-/m0/s1. The first-order valence-corrected chi connectivity index (χ1v) is 10.7. The van der Waals surface area contributed by atoms with E-state index in [2.05, 4.69) is 24.9 Å². The van der Waals surface area contributed by atoms with Gasteiger partial charge in [0.1, 0.15) is 6.04 Å². The Morgan fingerprint density at radius 1 is 1.21 bits per heavy atom. The van der Waals surface area contributed by atoms with Crippen molar-refractivity contribution in [3.05, 3.63) is 65.5 Å². The summed E-state index contributed by atoms with van der Waals surface area (Å²) in [7, 11) is 0. The van der Waals surface area contributed by atoms with Gasteiger partial charge in [0.05, 0.1) is 6.04 Å². The number of likely N-dealkylation sites (tertiary alicyclic amines) is 1. The zero-order valence-electron chi connectivity index (χ0n) is 17.3. The van der Waals surface area contributed by atoms with Crippen molar-refractivity contribution in [2.24, 2.45) is 5.92 Å². The van der Waals surface area contributed by atoms with Crippen molar-refractivity contribution in [1.29, 1.82) is 0 Å². The molecule has 0 spiro atoms. The number of aromatic nitrogens is 1. The number of benzene rings is 1. The summed E-state index contributed by atoms with van der Waals surface area (Å²) in [5.74, 6) is 0.153. The number of hydrogen-bond acceptors (Lipinski definition) is 3. The number of pyridine rings is 1. The molecule has 2 aromatic rings. The minimum absolute atomic E-state index is 0.0193. The number of fused-ring (bicyclic) bond motifs is 1. The van der Waals surface area contributed by atoms with Crippen LogP contribution in [0.2, 0.25) is 0 Å². The van der Waals surface area contributed by atoms with E-state index in [1.54, 1.807) is 11.1 Å². The smallest absolute Gasteiger partial charge is 0.255 e. The van der Waals surface area contributed by atoms with Gasteiger partial charge in [-0.3, -0.25) is 14.6 Å². The van der Waals surface area contributed by atoms with Crippen LogP contribution in [0.5, 0.6) is 0 Å². The molecule has 5 nitrogen and oxygen atoms in total. The van der Waals surface area contributed by atoms with Crippen LogP contribution < -0.4 is 0 Å². The first kappa shape index (κ1) is 19.6. The van der Waals surface area contributed by atoms with E-state index in [-0.39, 0.29) is 23.8 Å². The van der Waals surface area contributed by atoms with Crippen LogP contribution in [0.3, 0.4) is 0 Å². The SMILES string of the molecule is CC[C@H](C)[C@@H](C(=O)N1CCCC[C@@H]1c1cccnc1)N1Cc2ccccc2C1=O. The van der Waals surface area contributed by atoms with Gasteiger partial charge < -0.3 is 9.80 Å². The van der Waals surface area contributed by atoms with Gasteiger partial charge in [0.15, 0.2) is 0 Å². The molecule has 1 aromatic heterocycles. The first-order valence-electron chi connectivity index (χ1n) is 10.7. The molecule has 152 valence electrons. The van der Waals surface area contributed by atoms with E-state index >= 15 is 0 Å². The highest BCUT2D eigenvalue weighted by atomic mass is 16.2. The number of hydrogen-bond donors (Lipinski definition) is 0. The zero-order valence-corrected chi connectivity index (χ0v) is 17.3. The van der Waals surface area contributed by atoms with Crippen molar-refractivity contribution in [3.63, 3.8) is 0 Å². The van der Waals surface area contributed by atoms with Crippen LogP contribution in [-0.4, -0.2) is 39.2 Å². The van der Waals surface area contributed by atoms with Crippen LogP contribution in [-0.2, 0) is 11.3 Å². The van der Waals surface area contributed by atoms with Crippen molar-refractivity contribution >= 4 is 11.8 Å². The van der Waals surface area contributed by atoms with Gasteiger partial charge >= 0.3 is 0 Å². The van der Waals surface area contributed by atoms with E-state index in [9.17, 15) is 9.59 Å². The van der Waals surface area contributed by atoms with Crippen LogP contribution >= 0.6 is 0 Å². The molecule has 0 saturated carbocycles. The molecule has 1 fully saturated rings. The summed E-state index contributed by atoms with van der Waals surface area (Å²) in [6.45, 7) is 5.43. The van der Waals surface area contributed by atoms with Crippen LogP contribution in [0.4, 0.5) is 0 Å². The molecule has 2 aliphatic heterocycles. The van der Waals surface area contributed by atoms with Crippen molar-refractivity contribution in [2.75, 3.05) is 6.54 Å². The van der Waals surface area contributed by atoms with E-state index in [1.807, 2.05) is 41.4 Å². The molecular formula is C24H29N3O2. The van der Waals surface area contributed by atoms with Gasteiger partial charge in [0.2, 0.25) is 5.91 Å². The largest absolute Gasteiger partial charge is 0.334 e. The molecule has 2 aliphatic rings. The lowest BCUT2D eigenvalue weighted by molar-refractivity contribution is -0.142. The second kappa shape index (κ2) is 8.36. The van der Waals surface area contributed by atoms with Crippen LogP contribution in [0, 0.1) is 5.92 Å². The van der Waals surface area contributed by atoms with Crippen LogP contribution in [0.15, 0.2) is 48.8 Å². The quantitative estimate of drug-likeness (QED) is 0.767. The predicted molar refractivity (Wildman–Crippen MR) is 112 cm³/mol. The number of carbonyl (C=O) groups is 2. The molecule has 0 radical (unpaired) electrons. The monoisotopic (exact) mass is 391 g/mol. The lowest BCUT2D eigenvalue weighted by Gasteiger charge is -2.41. The third kappa shape index (κ3) is 3.66. The highest BCUT2D eigenvalue weighted by Gasteiger charge is 2.42. The maximum absolute atomic E-state index is 13.9. The molecule has 0 aliphatic carbocycles. The minimum Gasteiger partial charge on any atom is -0.334 e. The normalized spacial score (nSPS) is 21.0. The van der Waals surface area contributed by atoms with Gasteiger partial charge in [-0.2, -0.15) is 0 Å². The van der Waals surface area contributed by atoms with Gasteiger partial charge in [-0.15, -0.1) is 0 Å². The maximum atomic E-state index is 13.9. The number of amides is 2. The second-order valence-corrected chi connectivity index (χ2v) is 8.25. The number of nitrogens with zero attached hydrogens (tertiary/aromatic N) is 3. The Hall–Kier alpha value is -2.69. The fourth-order valence-corrected chi connectivity index (χ4v) is 4.69. The molecule has 5 heteroatoms. The molecule has 0 unspecified atom stereocenters. The van der Waals surface area contributed by atoms with Crippen molar-refractivity contribution in [3.8, 4) is 0 Å². The van der Waals surface area contributed by atoms with Gasteiger partial charge in [-0.05, 0) is 48.4 Å². The van der Waals surface area contributed by atoms with E-state index in [0.29, 0.717) is 6.54 Å². The summed E-state index contributed by atoms with van der Waals surface area (Å²) >= 11 is 0. The summed E-state index contributed by atoms with van der Waals surface area (Å²) in [5.41, 5.74) is 2.83. The fourth-order valence-electron chi connectivity index (χ4n) is 4.69. The maximum Gasteiger partial charge on any atom is 0.255 e. The van der Waals surface area contributed by atoms with Gasteiger partial charge in [0.25, 0.3) is 5.91 Å². The third-order valence-corrected chi connectivity index (χ3v) is 6.48. The summed E-state index contributed by atoms with van der Waals surface area (Å²) in [5, 5.41) is 0. The topological polar surface area (TPSA) is 53.5 Å². The average Bonchev–Trinajstić information content (AvgIpc) is 3.10. The van der Waals surface area contributed by atoms with Crippen LogP contribution in [0.1, 0.15) is 67.1 Å². The minimum atomic E-state index is -0.433. The molecule has 3 atom stereocenters. The van der Waals surface area contributed by atoms with Crippen molar-refractivity contribution in [2.45, 2.75) is 58.2 Å². The third-order valence-electron chi connectivity index (χ3n) is 6.48. The molecule has 3 heterocycles. The molecule has 1 aromatic carbocycles. The van der Waals surface area contributed by atoms with E-state index in [4.69, 9.17) is 0 Å². The molecule has 4 rings (SSSR count). The Kier molecular flexibility index (Phi) is 5.65. The molecule has 0 N–H and O–H groups in total. The number of carbonyl (C=O) groups excluding carboxylic acids is 2. The van der Waals surface area contributed by atoms with E-state index in [0.717, 1.165) is 48.9 Å². The lowest BCUT2D eigenvalue weighted by atomic mass is 9.91. The predicted octanol–water partition coefficient (Wildman–Crippen LogP) is 4.21. The van der Waals surface area contributed by atoms with Gasteiger partial charge in [-0.25, -0.2) is 0 Å². The van der Waals surface area contributed by atoms with Crippen LogP contribution in [0.25, 0.3) is 0 Å². The number of piperidine rings is 1. The Labute approximate surface area is 172 Å². The average molecular weight is 392 g/mol. The zero-order chi connectivity index (χ0) is 20.4. The molecule has 2 amide bonds. The lowest BCUT2D eigenvalue weighted by Crippen LogP contribution is -2.53. The summed E-state index contributed by atoms with van der Waals surface area (Å²) in [6.07, 6.45) is 7.53. The summed E-state index contributed by atoms with van der Waals surface area (Å²) in [6, 6.07) is 11.3.